The summed E-state index contributed by atoms with van der Waals surface area (Å²) >= 11 is 0. The van der Waals surface area contributed by atoms with Gasteiger partial charge in [-0.25, -0.2) is 4.79 Å². The normalized spacial score (nSPS) is 10.8. The average Bonchev–Trinajstić information content (AvgIpc) is 2.57. The number of rotatable bonds is 8. The molecule has 5 nitrogen and oxygen atoms in total. The number of halogens is 2. The number of ether oxygens (including phenoxy) is 2. The predicted molar refractivity (Wildman–Crippen MR) is 83.6 cm³/mol. The van der Waals surface area contributed by atoms with Crippen molar-refractivity contribution >= 4 is 11.9 Å². The van der Waals surface area contributed by atoms with Crippen LogP contribution in [-0.2, 0) is 9.53 Å². The van der Waals surface area contributed by atoms with Crippen LogP contribution in [0, 0.1) is 12.3 Å². The van der Waals surface area contributed by atoms with E-state index in [1.54, 1.807) is 0 Å². The van der Waals surface area contributed by atoms with Gasteiger partial charge >= 0.3 is 12.6 Å². The van der Waals surface area contributed by atoms with Crippen molar-refractivity contribution in [1.29, 1.82) is 0 Å². The second-order valence-corrected chi connectivity index (χ2v) is 4.93. The number of esters is 1. The van der Waals surface area contributed by atoms with Crippen LogP contribution in [0.25, 0.3) is 0 Å². The number of carbonyl (C=O) groups is 2. The zero-order chi connectivity index (χ0) is 18.2. The van der Waals surface area contributed by atoms with Gasteiger partial charge in [0.2, 0.25) is 0 Å². The molecule has 0 spiro atoms. The molecule has 0 saturated carbocycles. The molecule has 24 heavy (non-hydrogen) atoms. The molecule has 1 aromatic carbocycles. The molecule has 1 rings (SSSR count). The molecule has 7 heteroatoms. The van der Waals surface area contributed by atoms with E-state index < -0.39 is 30.6 Å². The fourth-order valence-corrected chi connectivity index (χ4v) is 2.01. The Morgan fingerprint density at radius 3 is 2.46 bits per heavy atom. The number of alkyl halides is 2. The zero-order valence-corrected chi connectivity index (χ0v) is 13.5. The first kappa shape index (κ1) is 19.4. The van der Waals surface area contributed by atoms with Crippen molar-refractivity contribution in [1.82, 2.24) is 5.32 Å². The van der Waals surface area contributed by atoms with Crippen molar-refractivity contribution in [3.63, 3.8) is 0 Å². The summed E-state index contributed by atoms with van der Waals surface area (Å²) in [5, 5.41) is 2.63. The summed E-state index contributed by atoms with van der Waals surface area (Å²) in [7, 11) is 0. The van der Waals surface area contributed by atoms with Crippen LogP contribution >= 0.6 is 0 Å². The fourth-order valence-electron chi connectivity index (χ4n) is 2.01. The summed E-state index contributed by atoms with van der Waals surface area (Å²) in [6.07, 6.45) is 6.47. The molecule has 0 aliphatic rings. The van der Waals surface area contributed by atoms with E-state index in [-0.39, 0.29) is 11.3 Å². The lowest BCUT2D eigenvalue weighted by Crippen LogP contribution is -2.48. The number of hydrogen-bond acceptors (Lipinski definition) is 4. The van der Waals surface area contributed by atoms with Crippen LogP contribution in [-0.4, -0.2) is 30.6 Å². The highest BCUT2D eigenvalue weighted by molar-refractivity contribution is 5.94. The van der Waals surface area contributed by atoms with Gasteiger partial charge in [-0.1, -0.05) is 31.9 Å². The van der Waals surface area contributed by atoms with Gasteiger partial charge in [0.05, 0.1) is 0 Å². The Labute approximate surface area is 139 Å². The summed E-state index contributed by atoms with van der Waals surface area (Å²) in [5.41, 5.74) is -1.00. The van der Waals surface area contributed by atoms with Gasteiger partial charge < -0.3 is 14.8 Å². The van der Waals surface area contributed by atoms with Crippen LogP contribution in [0.5, 0.6) is 5.75 Å². The maximum absolute atomic E-state index is 12.3. The molecule has 1 amide bonds. The van der Waals surface area contributed by atoms with Gasteiger partial charge in [-0.15, -0.1) is 6.42 Å². The van der Waals surface area contributed by atoms with E-state index in [2.05, 4.69) is 16.0 Å². The number of terminal acetylenes is 1. The van der Waals surface area contributed by atoms with Gasteiger partial charge in [0, 0.05) is 0 Å². The number of hydrogen-bond donors (Lipinski definition) is 1. The minimum atomic E-state index is -3.08. The molecule has 0 aliphatic heterocycles. The van der Waals surface area contributed by atoms with Crippen molar-refractivity contribution in [2.45, 2.75) is 38.8 Å². The first-order valence-corrected chi connectivity index (χ1v) is 7.37. The van der Waals surface area contributed by atoms with Crippen molar-refractivity contribution in [3.05, 3.63) is 29.8 Å². The quantitative estimate of drug-likeness (QED) is 0.584. The van der Waals surface area contributed by atoms with Crippen molar-refractivity contribution in [2.24, 2.45) is 0 Å². The molecule has 0 heterocycles. The van der Waals surface area contributed by atoms with Gasteiger partial charge in [-0.2, -0.15) is 8.78 Å². The lowest BCUT2D eigenvalue weighted by Gasteiger charge is -2.26. The molecule has 0 aliphatic carbocycles. The van der Waals surface area contributed by atoms with E-state index in [1.807, 2.05) is 13.8 Å². The smallest absolute Gasteiger partial charge is 0.387 e. The minimum absolute atomic E-state index is 0.195. The number of para-hydroxylation sites is 1. The highest BCUT2D eigenvalue weighted by atomic mass is 19.3. The second-order valence-electron chi connectivity index (χ2n) is 4.93. The molecule has 0 bridgehead atoms. The number of benzene rings is 1. The van der Waals surface area contributed by atoms with Gasteiger partial charge in [0.1, 0.15) is 16.9 Å². The lowest BCUT2D eigenvalue weighted by molar-refractivity contribution is -0.125. The van der Waals surface area contributed by atoms with E-state index in [9.17, 15) is 18.4 Å². The number of nitrogens with one attached hydrogen (secondary N) is 1. The summed E-state index contributed by atoms with van der Waals surface area (Å²) in [5.74, 6) is 0.683. The Hall–Kier alpha value is -2.62. The Morgan fingerprint density at radius 1 is 1.29 bits per heavy atom. The molecule has 0 unspecified atom stereocenters. The molecule has 1 N–H and O–H groups in total. The van der Waals surface area contributed by atoms with Crippen molar-refractivity contribution in [2.75, 3.05) is 6.61 Å². The van der Waals surface area contributed by atoms with Crippen LogP contribution in [0.1, 0.15) is 37.0 Å². The van der Waals surface area contributed by atoms with E-state index in [0.717, 1.165) is 0 Å². The highest BCUT2D eigenvalue weighted by Gasteiger charge is 2.26. The third-order valence-electron chi connectivity index (χ3n) is 3.52. The summed E-state index contributed by atoms with van der Waals surface area (Å²) in [6, 6.07) is 5.37. The fraction of sp³-hybridized carbons (Fsp3) is 0.412. The van der Waals surface area contributed by atoms with E-state index >= 15 is 0 Å². The second kappa shape index (κ2) is 8.87. The van der Waals surface area contributed by atoms with Gasteiger partial charge in [-0.3, -0.25) is 4.79 Å². The molecular formula is C17H19F2NO4. The van der Waals surface area contributed by atoms with Crippen LogP contribution < -0.4 is 10.1 Å². The first-order chi connectivity index (χ1) is 11.4. The monoisotopic (exact) mass is 339 g/mol. The summed E-state index contributed by atoms with van der Waals surface area (Å²) < 4.78 is 33.7. The van der Waals surface area contributed by atoms with Crippen molar-refractivity contribution < 1.29 is 27.8 Å². The lowest BCUT2D eigenvalue weighted by atomic mass is 9.94. The summed E-state index contributed by atoms with van der Waals surface area (Å²) in [6.45, 7) is -0.000474. The van der Waals surface area contributed by atoms with E-state index in [4.69, 9.17) is 11.2 Å². The average molecular weight is 339 g/mol. The predicted octanol–water partition coefficient (Wildman–Crippen LogP) is 2.75. The van der Waals surface area contributed by atoms with Crippen LogP contribution in [0.15, 0.2) is 24.3 Å². The van der Waals surface area contributed by atoms with Gasteiger partial charge in [-0.05, 0) is 25.0 Å². The van der Waals surface area contributed by atoms with E-state index in [0.29, 0.717) is 12.8 Å². The maximum atomic E-state index is 12.3. The molecule has 0 aromatic heterocycles. The summed E-state index contributed by atoms with van der Waals surface area (Å²) in [4.78, 5) is 23.9. The van der Waals surface area contributed by atoms with Crippen LogP contribution in [0.3, 0.4) is 0 Å². The molecule has 0 radical (unpaired) electrons. The van der Waals surface area contributed by atoms with Gasteiger partial charge in [0.15, 0.2) is 6.61 Å². The molecule has 130 valence electrons. The van der Waals surface area contributed by atoms with Gasteiger partial charge in [0.25, 0.3) is 5.91 Å². The minimum Gasteiger partial charge on any atom is -0.452 e. The third-order valence-corrected chi connectivity index (χ3v) is 3.52. The third kappa shape index (κ3) is 5.23. The first-order valence-electron chi connectivity index (χ1n) is 7.37. The van der Waals surface area contributed by atoms with Crippen LogP contribution in [0.2, 0.25) is 0 Å². The van der Waals surface area contributed by atoms with Crippen molar-refractivity contribution in [3.8, 4) is 18.1 Å². The Kier molecular flexibility index (Phi) is 7.18. The molecule has 0 atom stereocenters. The van der Waals surface area contributed by atoms with E-state index in [1.165, 1.54) is 24.3 Å². The number of amides is 1. The molecular weight excluding hydrogens is 320 g/mol. The van der Waals surface area contributed by atoms with Crippen LogP contribution in [0.4, 0.5) is 8.78 Å². The molecule has 0 saturated heterocycles. The molecule has 0 fully saturated rings. The Morgan fingerprint density at radius 2 is 1.92 bits per heavy atom. The maximum Gasteiger partial charge on any atom is 0.387 e. The standard InChI is InChI=1S/C17H19F2NO4/c1-4-17(5-2,6-3)20-14(21)11-23-15(22)12-9-7-8-10-13(12)24-16(18)19/h1,7-10,16H,5-6,11H2,2-3H3,(H,20,21). The Bertz CT molecular complexity index is 621. The zero-order valence-electron chi connectivity index (χ0n) is 13.5. The highest BCUT2D eigenvalue weighted by Crippen LogP contribution is 2.21. The largest absolute Gasteiger partial charge is 0.452 e. The topological polar surface area (TPSA) is 64.6 Å². The number of carbonyl (C=O) groups excluding carboxylic acids is 2. The molecule has 1 aromatic rings. The SMILES string of the molecule is C#CC(CC)(CC)NC(=O)COC(=O)c1ccccc1OC(F)F. The Balaban J connectivity index is 2.70.